The third-order valence-electron chi connectivity index (χ3n) is 6.01. The van der Waals surface area contributed by atoms with Crippen LogP contribution in [0.1, 0.15) is 11.3 Å². The van der Waals surface area contributed by atoms with E-state index in [1.165, 1.54) is 65.2 Å². The Morgan fingerprint density at radius 3 is 2.23 bits per heavy atom. The van der Waals surface area contributed by atoms with Gasteiger partial charge in [-0.2, -0.15) is 13.2 Å². The SMILES string of the molecule is Cn1cc(-c2ccc(COC(F)(F)F)cc2)c(-c2cn(C)c(=O)c3[nH]c(/C(C=N)=C/NC(F)(F)F)cc23)cc1=O. The summed E-state index contributed by atoms with van der Waals surface area (Å²) in [5.41, 5.74) is 1.01. The van der Waals surface area contributed by atoms with Crippen LogP contribution in [0.2, 0.25) is 0 Å². The summed E-state index contributed by atoms with van der Waals surface area (Å²) in [5.74, 6) is 0. The van der Waals surface area contributed by atoms with E-state index in [4.69, 9.17) is 5.41 Å². The molecule has 0 aliphatic carbocycles. The summed E-state index contributed by atoms with van der Waals surface area (Å²) in [4.78, 5) is 28.3. The number of H-pyrrole nitrogens is 1. The molecular weight excluding hydrogens is 544 g/mol. The number of hydrogen-bond acceptors (Lipinski definition) is 5. The van der Waals surface area contributed by atoms with Crippen molar-refractivity contribution >= 4 is 22.7 Å². The predicted molar refractivity (Wildman–Crippen MR) is 136 cm³/mol. The highest BCUT2D eigenvalue weighted by molar-refractivity contribution is 6.10. The van der Waals surface area contributed by atoms with Crippen molar-refractivity contribution in [3.8, 4) is 22.3 Å². The smallest absolute Gasteiger partial charge is 0.350 e. The minimum Gasteiger partial charge on any atom is -0.350 e. The molecule has 0 atom stereocenters. The van der Waals surface area contributed by atoms with Gasteiger partial charge in [0, 0.05) is 72.8 Å². The van der Waals surface area contributed by atoms with Crippen molar-refractivity contribution in [2.45, 2.75) is 19.3 Å². The molecule has 0 saturated heterocycles. The average Bonchev–Trinajstić information content (AvgIpc) is 3.31. The standard InChI is InChI=1S/C26H21F6N5O3/c1-36-11-19(15-5-3-14(4-6-15)13-40-26(30,31)32)17(8-22(36)38)20-12-37(2)24(39)23-18(20)7-21(35-23)16(9-33)10-34-25(27,28)29/h3-12,33-35H,13H2,1-2H3/b16-10+,33-9?. The maximum atomic E-state index is 12.9. The van der Waals surface area contributed by atoms with E-state index >= 15 is 0 Å². The number of aryl methyl sites for hydroxylation is 2. The van der Waals surface area contributed by atoms with Crippen LogP contribution in [0.25, 0.3) is 38.7 Å². The number of alkyl halides is 6. The number of allylic oxidation sites excluding steroid dienone is 1. The lowest BCUT2D eigenvalue weighted by molar-refractivity contribution is -0.330. The second-order valence-electron chi connectivity index (χ2n) is 8.80. The molecule has 210 valence electrons. The summed E-state index contributed by atoms with van der Waals surface area (Å²) in [6.07, 6.45) is -5.28. The van der Waals surface area contributed by atoms with E-state index in [-0.39, 0.29) is 27.7 Å². The molecule has 0 spiro atoms. The van der Waals surface area contributed by atoms with Crippen LogP contribution in [0.15, 0.2) is 64.6 Å². The summed E-state index contributed by atoms with van der Waals surface area (Å²) >= 11 is 0. The van der Waals surface area contributed by atoms with Crippen LogP contribution >= 0.6 is 0 Å². The maximum absolute atomic E-state index is 12.9. The van der Waals surface area contributed by atoms with Crippen molar-refractivity contribution < 1.29 is 31.1 Å². The topological polar surface area (TPSA) is 105 Å². The van der Waals surface area contributed by atoms with Gasteiger partial charge in [0.05, 0.1) is 6.61 Å². The third-order valence-corrected chi connectivity index (χ3v) is 6.01. The zero-order valence-corrected chi connectivity index (χ0v) is 20.9. The van der Waals surface area contributed by atoms with Gasteiger partial charge in [-0.3, -0.25) is 14.3 Å². The normalized spacial score (nSPS) is 12.7. The van der Waals surface area contributed by atoms with Gasteiger partial charge in [0.15, 0.2) is 0 Å². The molecule has 3 N–H and O–H groups in total. The molecule has 0 saturated carbocycles. The molecule has 4 aromatic rings. The second-order valence-corrected chi connectivity index (χ2v) is 8.80. The first-order valence-corrected chi connectivity index (χ1v) is 11.5. The zero-order chi connectivity index (χ0) is 29.4. The molecule has 3 aromatic heterocycles. The Labute approximate surface area is 221 Å². The van der Waals surface area contributed by atoms with Gasteiger partial charge < -0.3 is 24.8 Å². The van der Waals surface area contributed by atoms with Crippen molar-refractivity contribution in [2.75, 3.05) is 0 Å². The molecule has 40 heavy (non-hydrogen) atoms. The highest BCUT2D eigenvalue weighted by Crippen LogP contribution is 2.35. The van der Waals surface area contributed by atoms with Gasteiger partial charge in [-0.1, -0.05) is 24.3 Å². The molecule has 1 aromatic carbocycles. The highest BCUT2D eigenvalue weighted by Gasteiger charge is 2.29. The maximum Gasteiger partial charge on any atom is 0.522 e. The first kappa shape index (κ1) is 28.4. The zero-order valence-electron chi connectivity index (χ0n) is 20.9. The fourth-order valence-corrected chi connectivity index (χ4v) is 4.09. The number of fused-ring (bicyclic) bond motifs is 1. The van der Waals surface area contributed by atoms with Gasteiger partial charge in [-0.25, -0.2) is 0 Å². The highest BCUT2D eigenvalue weighted by atomic mass is 19.4. The van der Waals surface area contributed by atoms with E-state index in [2.05, 4.69) is 9.72 Å². The van der Waals surface area contributed by atoms with Gasteiger partial charge >= 0.3 is 12.7 Å². The number of halogens is 6. The first-order valence-electron chi connectivity index (χ1n) is 11.5. The number of benzene rings is 1. The summed E-state index contributed by atoms with van der Waals surface area (Å²) in [6, 6.07) is 8.71. The molecule has 4 rings (SSSR count). The molecule has 0 bridgehead atoms. The first-order chi connectivity index (χ1) is 18.7. The van der Waals surface area contributed by atoms with E-state index in [0.29, 0.717) is 34.7 Å². The van der Waals surface area contributed by atoms with Gasteiger partial charge in [0.1, 0.15) is 5.52 Å². The van der Waals surface area contributed by atoms with Gasteiger partial charge in [0.25, 0.3) is 11.1 Å². The van der Waals surface area contributed by atoms with E-state index in [0.717, 1.165) is 0 Å². The largest absolute Gasteiger partial charge is 0.522 e. The van der Waals surface area contributed by atoms with E-state index in [1.54, 1.807) is 12.1 Å². The third kappa shape index (κ3) is 6.17. The molecule has 0 aliphatic rings. The summed E-state index contributed by atoms with van der Waals surface area (Å²) in [6.45, 7) is -0.691. The fourth-order valence-electron chi connectivity index (χ4n) is 4.09. The summed E-state index contributed by atoms with van der Waals surface area (Å²) < 4.78 is 81.7. The molecule has 14 heteroatoms. The van der Waals surface area contributed by atoms with Crippen molar-refractivity contribution in [1.82, 2.24) is 19.4 Å². The molecule has 0 amide bonds. The minimum absolute atomic E-state index is 0.0287. The number of aromatic nitrogens is 3. The van der Waals surface area contributed by atoms with Crippen LogP contribution < -0.4 is 16.4 Å². The van der Waals surface area contributed by atoms with Gasteiger partial charge in [-0.15, -0.1) is 13.2 Å². The predicted octanol–water partition coefficient (Wildman–Crippen LogP) is 5.04. The van der Waals surface area contributed by atoms with Crippen molar-refractivity contribution in [2.24, 2.45) is 14.1 Å². The monoisotopic (exact) mass is 565 g/mol. The fraction of sp³-hybridized carbons (Fsp3) is 0.192. The quantitative estimate of drug-likeness (QED) is 0.166. The van der Waals surface area contributed by atoms with Crippen LogP contribution in [-0.2, 0) is 25.4 Å². The second kappa shape index (κ2) is 10.5. The number of aromatic amines is 1. The number of nitrogens with one attached hydrogen (secondary N) is 3. The Kier molecular flexibility index (Phi) is 7.48. The molecule has 0 fully saturated rings. The van der Waals surface area contributed by atoms with Gasteiger partial charge in [-0.05, 0) is 22.8 Å². The Morgan fingerprint density at radius 1 is 0.975 bits per heavy atom. The van der Waals surface area contributed by atoms with Crippen molar-refractivity contribution in [3.63, 3.8) is 0 Å². The van der Waals surface area contributed by atoms with E-state index in [1.807, 2.05) is 0 Å². The number of hydrogen-bond donors (Lipinski definition) is 3. The van der Waals surface area contributed by atoms with Crippen molar-refractivity contribution in [1.29, 1.82) is 5.41 Å². The van der Waals surface area contributed by atoms with Crippen LogP contribution in [0.4, 0.5) is 26.3 Å². The number of nitrogens with zero attached hydrogens (tertiary/aromatic N) is 2. The average molecular weight is 565 g/mol. The Morgan fingerprint density at radius 2 is 1.62 bits per heavy atom. The molecule has 0 aliphatic heterocycles. The number of pyridine rings is 2. The van der Waals surface area contributed by atoms with Crippen LogP contribution in [0.3, 0.4) is 0 Å². The number of rotatable bonds is 7. The lowest BCUT2D eigenvalue weighted by Gasteiger charge is -2.14. The Bertz CT molecular complexity index is 1730. The molecule has 8 nitrogen and oxygen atoms in total. The Hall–Kier alpha value is -4.59. The summed E-state index contributed by atoms with van der Waals surface area (Å²) in [7, 11) is 2.97. The summed E-state index contributed by atoms with van der Waals surface area (Å²) in [5, 5.41) is 9.05. The van der Waals surface area contributed by atoms with Crippen molar-refractivity contribution in [3.05, 3.63) is 87.0 Å². The number of ether oxygens (including phenoxy) is 1. The van der Waals surface area contributed by atoms with Crippen LogP contribution in [0, 0.1) is 5.41 Å². The van der Waals surface area contributed by atoms with E-state index < -0.39 is 30.4 Å². The molecular formula is C26H21F6N5O3. The molecule has 0 radical (unpaired) electrons. The lowest BCUT2D eigenvalue weighted by Crippen LogP contribution is -2.26. The minimum atomic E-state index is -4.79. The lowest BCUT2D eigenvalue weighted by atomic mass is 9.94. The Balaban J connectivity index is 1.89. The molecule has 3 heterocycles. The van der Waals surface area contributed by atoms with Crippen LogP contribution in [0.5, 0.6) is 0 Å². The van der Waals surface area contributed by atoms with Gasteiger partial charge in [0.2, 0.25) is 0 Å². The molecule has 0 unspecified atom stereocenters. The van der Waals surface area contributed by atoms with E-state index in [9.17, 15) is 35.9 Å². The van der Waals surface area contributed by atoms with Crippen LogP contribution in [-0.4, -0.2) is 33.0 Å².